The van der Waals surface area contributed by atoms with Crippen LogP contribution in [0.25, 0.3) is 54.6 Å². The van der Waals surface area contributed by atoms with Crippen molar-refractivity contribution in [2.24, 2.45) is 0 Å². The molecule has 10 aromatic carbocycles. The normalized spacial score (nSPS) is 11.6. The molecule has 0 saturated heterocycles. The second-order valence-corrected chi connectivity index (χ2v) is 18.3. The van der Waals surface area contributed by atoms with Crippen LogP contribution in [0.3, 0.4) is 0 Å². The summed E-state index contributed by atoms with van der Waals surface area (Å²) in [7, 11) is 0. The number of hydrogen-bond donors (Lipinski definition) is 0. The van der Waals surface area contributed by atoms with E-state index < -0.39 is 0 Å². The van der Waals surface area contributed by atoms with Crippen molar-refractivity contribution in [2.45, 2.75) is 69.2 Å². The lowest BCUT2D eigenvalue weighted by molar-refractivity contribution is 1.21. The van der Waals surface area contributed by atoms with Gasteiger partial charge in [0, 0.05) is 22.1 Å². The monoisotopic (exact) mass is 828 g/mol. The van der Waals surface area contributed by atoms with Crippen LogP contribution < -0.4 is 9.80 Å². The van der Waals surface area contributed by atoms with Crippen molar-refractivity contribution in [3.63, 3.8) is 0 Å². The molecule has 0 radical (unpaired) electrons. The maximum absolute atomic E-state index is 2.55. The van der Waals surface area contributed by atoms with Crippen LogP contribution in [0.2, 0.25) is 0 Å². The fraction of sp³-hybridized carbons (Fsp3) is 0.161. The third kappa shape index (κ3) is 6.63. The first-order valence-electron chi connectivity index (χ1n) is 22.7. The molecule has 10 aromatic rings. The van der Waals surface area contributed by atoms with Gasteiger partial charge in [-0.1, -0.05) is 133 Å². The summed E-state index contributed by atoms with van der Waals surface area (Å²) in [6.07, 6.45) is 0. The summed E-state index contributed by atoms with van der Waals surface area (Å²) >= 11 is 0. The minimum absolute atomic E-state index is 1.18. The first-order valence-corrected chi connectivity index (χ1v) is 22.7. The molecule has 0 spiro atoms. The lowest BCUT2D eigenvalue weighted by Gasteiger charge is -2.33. The van der Waals surface area contributed by atoms with Crippen molar-refractivity contribution in [1.82, 2.24) is 0 Å². The number of nitrogens with zero attached hydrogens (tertiary/aromatic N) is 2. The van der Waals surface area contributed by atoms with E-state index in [9.17, 15) is 0 Å². The zero-order valence-electron chi connectivity index (χ0n) is 38.9. The minimum Gasteiger partial charge on any atom is -0.309 e. The van der Waals surface area contributed by atoms with Crippen LogP contribution in [0, 0.1) is 69.2 Å². The van der Waals surface area contributed by atoms with Gasteiger partial charge in [0.25, 0.3) is 0 Å². The highest BCUT2D eigenvalue weighted by molar-refractivity contribution is 6.28. The third-order valence-electron chi connectivity index (χ3n) is 13.9. The van der Waals surface area contributed by atoms with Gasteiger partial charge in [-0.3, -0.25) is 0 Å². The lowest BCUT2D eigenvalue weighted by Crippen LogP contribution is -2.15. The molecular weight excluding hydrogens is 773 g/mol. The van der Waals surface area contributed by atoms with Crippen LogP contribution >= 0.6 is 0 Å². The van der Waals surface area contributed by atoms with Gasteiger partial charge in [-0.2, -0.15) is 0 Å². The molecule has 0 unspecified atom stereocenters. The zero-order valence-corrected chi connectivity index (χ0v) is 38.9. The van der Waals surface area contributed by atoms with Crippen LogP contribution in [0.5, 0.6) is 0 Å². The molecular formula is C62H56N2. The summed E-state index contributed by atoms with van der Waals surface area (Å²) in [6.45, 7) is 22.4. The maximum atomic E-state index is 2.55. The van der Waals surface area contributed by atoms with Crippen molar-refractivity contribution in [1.29, 1.82) is 0 Å². The summed E-state index contributed by atoms with van der Waals surface area (Å²) in [4.78, 5) is 5.10. The summed E-state index contributed by atoms with van der Waals surface area (Å²) in [5.41, 5.74) is 24.8. The number of anilines is 6. The Morgan fingerprint density at radius 3 is 0.922 bits per heavy atom. The summed E-state index contributed by atoms with van der Waals surface area (Å²) in [5.74, 6) is 0. The molecule has 0 saturated carbocycles. The van der Waals surface area contributed by atoms with Crippen LogP contribution in [-0.4, -0.2) is 0 Å². The van der Waals surface area contributed by atoms with E-state index in [2.05, 4.69) is 237 Å². The van der Waals surface area contributed by atoms with E-state index in [-0.39, 0.29) is 0 Å². The van der Waals surface area contributed by atoms with Crippen molar-refractivity contribution in [3.8, 4) is 22.3 Å². The van der Waals surface area contributed by atoms with E-state index in [1.54, 1.807) is 0 Å². The van der Waals surface area contributed by atoms with Gasteiger partial charge in [0.15, 0.2) is 0 Å². The lowest BCUT2D eigenvalue weighted by atomic mass is 9.90. The molecule has 314 valence electrons. The maximum Gasteiger partial charge on any atom is 0.0541 e. The Kier molecular flexibility index (Phi) is 10.1. The molecule has 0 aliphatic rings. The zero-order chi connectivity index (χ0) is 44.6. The molecule has 0 heterocycles. The van der Waals surface area contributed by atoms with Gasteiger partial charge in [-0.05, 0) is 193 Å². The molecule has 0 aliphatic carbocycles. The summed E-state index contributed by atoms with van der Waals surface area (Å²) in [6, 6.07) is 59.5. The number of para-hydroxylation sites is 2. The predicted octanol–water partition coefficient (Wildman–Crippen LogP) is 17.9. The molecule has 0 aliphatic heterocycles. The number of rotatable bonds is 8. The molecule has 0 N–H and O–H groups in total. The second-order valence-electron chi connectivity index (χ2n) is 18.3. The van der Waals surface area contributed by atoms with Crippen molar-refractivity contribution < 1.29 is 0 Å². The van der Waals surface area contributed by atoms with Crippen LogP contribution in [0.1, 0.15) is 55.6 Å². The average Bonchev–Trinajstić information content (AvgIpc) is 3.27. The molecule has 0 fully saturated rings. The van der Waals surface area contributed by atoms with Gasteiger partial charge in [0.05, 0.1) is 22.7 Å². The molecule has 0 atom stereocenters. The van der Waals surface area contributed by atoms with E-state index in [1.807, 2.05) is 0 Å². The van der Waals surface area contributed by atoms with Crippen LogP contribution in [0.15, 0.2) is 158 Å². The highest BCUT2D eigenvalue weighted by atomic mass is 15.2. The van der Waals surface area contributed by atoms with Crippen molar-refractivity contribution >= 4 is 66.4 Å². The first kappa shape index (κ1) is 40.9. The molecule has 0 bridgehead atoms. The molecule has 0 amide bonds. The van der Waals surface area contributed by atoms with Gasteiger partial charge in [0.2, 0.25) is 0 Å². The van der Waals surface area contributed by atoms with E-state index in [1.165, 1.54) is 144 Å². The summed E-state index contributed by atoms with van der Waals surface area (Å²) in [5, 5.41) is 7.53. The number of hydrogen-bond acceptors (Lipinski definition) is 2. The predicted molar refractivity (Wildman–Crippen MR) is 278 cm³/mol. The Hall–Kier alpha value is -7.16. The van der Waals surface area contributed by atoms with Gasteiger partial charge >= 0.3 is 0 Å². The number of aryl methyl sites for hydroxylation is 10. The molecule has 64 heavy (non-hydrogen) atoms. The highest BCUT2D eigenvalue weighted by Crippen LogP contribution is 2.51. The van der Waals surface area contributed by atoms with Crippen LogP contribution in [0.4, 0.5) is 34.1 Å². The van der Waals surface area contributed by atoms with Gasteiger partial charge in [-0.15, -0.1) is 0 Å². The summed E-state index contributed by atoms with van der Waals surface area (Å²) < 4.78 is 0. The Morgan fingerprint density at radius 1 is 0.266 bits per heavy atom. The van der Waals surface area contributed by atoms with E-state index in [0.29, 0.717) is 0 Å². The Morgan fingerprint density at radius 2 is 0.578 bits per heavy atom. The fourth-order valence-corrected chi connectivity index (χ4v) is 10.8. The quantitative estimate of drug-likeness (QED) is 0.141. The van der Waals surface area contributed by atoms with Gasteiger partial charge in [-0.25, -0.2) is 0 Å². The highest BCUT2D eigenvalue weighted by Gasteiger charge is 2.26. The molecule has 2 heteroatoms. The Labute approximate surface area is 379 Å². The topological polar surface area (TPSA) is 6.48 Å². The SMILES string of the molecule is Cc1ccc(-c2c(C)cccc2C)cc1N(c1c(C)cccc1C)c1ccc2ccc3c(N(c4cc(-c5c(C)cccc5C)ccc4C)c4c(C)cccc4C)ccc4ccc1c2c43. The Balaban J connectivity index is 1.26. The minimum atomic E-state index is 1.18. The fourth-order valence-electron chi connectivity index (χ4n) is 10.8. The second kappa shape index (κ2) is 15.9. The van der Waals surface area contributed by atoms with E-state index in [0.717, 1.165) is 0 Å². The van der Waals surface area contributed by atoms with E-state index >= 15 is 0 Å². The smallest absolute Gasteiger partial charge is 0.0541 e. The van der Waals surface area contributed by atoms with Crippen molar-refractivity contribution in [2.75, 3.05) is 9.80 Å². The average molecular weight is 829 g/mol. The molecule has 2 nitrogen and oxygen atoms in total. The molecule has 0 aromatic heterocycles. The van der Waals surface area contributed by atoms with E-state index in [4.69, 9.17) is 0 Å². The Bertz CT molecular complexity index is 3150. The molecule has 10 rings (SSSR count). The van der Waals surface area contributed by atoms with Crippen LogP contribution in [-0.2, 0) is 0 Å². The first-order chi connectivity index (χ1) is 30.9. The largest absolute Gasteiger partial charge is 0.309 e. The number of benzene rings is 10. The standard InChI is InChI=1S/C62H56N2/c1-37-23-25-49(57-39(3)15-11-16-40(57)4)35-55(37)63(61-43(7)19-13-20-44(61)8)53-33-29-47-28-32-52-54(34-30-48-27-31-51(53)59(47)60(48)52)64(62-45(9)21-14-22-46(62)10)56-36-50(26-24-38(56)2)58-41(5)17-12-18-42(58)6/h11-36H,1-10H3. The van der Waals surface area contributed by atoms with Gasteiger partial charge < -0.3 is 9.80 Å². The third-order valence-corrected chi connectivity index (χ3v) is 13.9. The van der Waals surface area contributed by atoms with Gasteiger partial charge in [0.1, 0.15) is 0 Å². The van der Waals surface area contributed by atoms with Crippen molar-refractivity contribution in [3.05, 3.63) is 213 Å².